The molecular weight excluding hydrogens is 302 g/mol. The Morgan fingerprint density at radius 1 is 1.25 bits per heavy atom. The molecule has 0 amide bonds. The van der Waals surface area contributed by atoms with E-state index in [4.69, 9.17) is 0 Å². The fourth-order valence-electron chi connectivity index (χ4n) is 3.20. The van der Waals surface area contributed by atoms with E-state index in [-0.39, 0.29) is 11.3 Å². The van der Waals surface area contributed by atoms with E-state index in [1.165, 1.54) is 11.6 Å². The first kappa shape index (κ1) is 15.9. The highest BCUT2D eigenvalue weighted by Crippen LogP contribution is 2.35. The van der Waals surface area contributed by atoms with Gasteiger partial charge in [-0.2, -0.15) is 15.0 Å². The highest BCUT2D eigenvalue weighted by Gasteiger charge is 2.27. The van der Waals surface area contributed by atoms with Gasteiger partial charge in [-0.1, -0.05) is 23.8 Å². The van der Waals surface area contributed by atoms with Crippen LogP contribution in [0.3, 0.4) is 0 Å². The SMILES string of the molecule is CC(=O)C/C(C)=C1/CCc2nn(-c3ccccc3)c(=O)c(C#N)c21. The number of benzene rings is 1. The zero-order valence-electron chi connectivity index (χ0n) is 13.7. The number of carbonyl (C=O) groups excluding carboxylic acids is 1. The molecule has 1 aliphatic rings. The van der Waals surface area contributed by atoms with Gasteiger partial charge < -0.3 is 0 Å². The minimum Gasteiger partial charge on any atom is -0.300 e. The number of rotatable bonds is 3. The van der Waals surface area contributed by atoms with E-state index in [1.807, 2.05) is 25.1 Å². The van der Waals surface area contributed by atoms with Gasteiger partial charge in [-0.05, 0) is 44.4 Å². The summed E-state index contributed by atoms with van der Waals surface area (Å²) in [5.74, 6) is 0.0672. The first-order valence-electron chi connectivity index (χ1n) is 7.83. The van der Waals surface area contributed by atoms with E-state index >= 15 is 0 Å². The Bertz CT molecular complexity index is 947. The Morgan fingerprint density at radius 3 is 2.58 bits per heavy atom. The summed E-state index contributed by atoms with van der Waals surface area (Å²) in [7, 11) is 0. The lowest BCUT2D eigenvalue weighted by Crippen LogP contribution is -2.26. The van der Waals surface area contributed by atoms with Crippen LogP contribution in [0.1, 0.15) is 43.5 Å². The molecule has 2 aromatic rings. The summed E-state index contributed by atoms with van der Waals surface area (Å²) < 4.78 is 1.29. The Labute approximate surface area is 139 Å². The van der Waals surface area contributed by atoms with Crippen molar-refractivity contribution in [3.8, 4) is 11.8 Å². The number of nitrogens with zero attached hydrogens (tertiary/aromatic N) is 3. The number of allylic oxidation sites excluding steroid dienone is 2. The predicted molar refractivity (Wildman–Crippen MR) is 90.8 cm³/mol. The zero-order valence-corrected chi connectivity index (χ0v) is 13.7. The number of aryl methyl sites for hydroxylation is 1. The molecule has 0 fully saturated rings. The number of carbonyl (C=O) groups is 1. The van der Waals surface area contributed by atoms with Crippen LogP contribution in [0.5, 0.6) is 0 Å². The summed E-state index contributed by atoms with van der Waals surface area (Å²) >= 11 is 0. The van der Waals surface area contributed by atoms with Crippen LogP contribution in [-0.2, 0) is 11.2 Å². The molecule has 5 heteroatoms. The van der Waals surface area contributed by atoms with Gasteiger partial charge in [-0.15, -0.1) is 0 Å². The van der Waals surface area contributed by atoms with Crippen LogP contribution >= 0.6 is 0 Å². The van der Waals surface area contributed by atoms with Gasteiger partial charge in [0.15, 0.2) is 0 Å². The Morgan fingerprint density at radius 2 is 1.96 bits per heavy atom. The molecule has 120 valence electrons. The fraction of sp³-hybridized carbons (Fsp3) is 0.263. The topological polar surface area (TPSA) is 75.8 Å². The van der Waals surface area contributed by atoms with Crippen LogP contribution in [0.2, 0.25) is 0 Å². The van der Waals surface area contributed by atoms with Gasteiger partial charge in [0.05, 0.1) is 11.4 Å². The van der Waals surface area contributed by atoms with Crippen molar-refractivity contribution < 1.29 is 4.79 Å². The lowest BCUT2D eigenvalue weighted by molar-refractivity contribution is -0.116. The first-order chi connectivity index (χ1) is 11.5. The summed E-state index contributed by atoms with van der Waals surface area (Å²) in [6, 6.07) is 11.1. The minimum atomic E-state index is -0.419. The number of para-hydroxylation sites is 1. The maximum atomic E-state index is 12.7. The molecule has 0 aliphatic heterocycles. The number of fused-ring (bicyclic) bond motifs is 1. The molecule has 0 unspecified atom stereocenters. The van der Waals surface area contributed by atoms with Gasteiger partial charge in [-0.25, -0.2) is 0 Å². The van der Waals surface area contributed by atoms with Crippen LogP contribution in [0, 0.1) is 11.3 Å². The molecule has 24 heavy (non-hydrogen) atoms. The second kappa shape index (κ2) is 6.25. The molecule has 0 saturated heterocycles. The van der Waals surface area contributed by atoms with Crippen LogP contribution in [0.4, 0.5) is 0 Å². The van der Waals surface area contributed by atoms with E-state index in [1.54, 1.807) is 12.1 Å². The molecule has 1 heterocycles. The normalized spacial score (nSPS) is 14.9. The van der Waals surface area contributed by atoms with E-state index in [9.17, 15) is 14.9 Å². The molecule has 1 aromatic heterocycles. The van der Waals surface area contributed by atoms with Crippen LogP contribution in [-0.4, -0.2) is 15.6 Å². The second-order valence-electron chi connectivity index (χ2n) is 6.00. The number of nitriles is 1. The summed E-state index contributed by atoms with van der Waals surface area (Å²) in [6.45, 7) is 3.42. The standard InChI is InChI=1S/C19H17N3O2/c1-12(10-13(2)23)15-8-9-17-18(15)16(11-20)19(24)22(21-17)14-6-4-3-5-7-14/h3-7H,8-10H2,1-2H3/b15-12-. The maximum absolute atomic E-state index is 12.7. The largest absolute Gasteiger partial charge is 0.300 e. The Kier molecular flexibility index (Phi) is 4.13. The molecule has 0 spiro atoms. The lowest BCUT2D eigenvalue weighted by Gasteiger charge is -2.11. The summed E-state index contributed by atoms with van der Waals surface area (Å²) in [5.41, 5.74) is 3.54. The van der Waals surface area contributed by atoms with Crippen molar-refractivity contribution in [2.75, 3.05) is 0 Å². The third-order valence-electron chi connectivity index (χ3n) is 4.22. The van der Waals surface area contributed by atoms with Gasteiger partial charge in [0.1, 0.15) is 17.4 Å². The van der Waals surface area contributed by atoms with Crippen molar-refractivity contribution in [1.82, 2.24) is 9.78 Å². The van der Waals surface area contributed by atoms with Crippen LogP contribution < -0.4 is 5.56 Å². The third-order valence-corrected chi connectivity index (χ3v) is 4.22. The average Bonchev–Trinajstić information content (AvgIpc) is 2.98. The van der Waals surface area contributed by atoms with Crippen molar-refractivity contribution in [2.24, 2.45) is 0 Å². The second-order valence-corrected chi connectivity index (χ2v) is 6.00. The molecule has 0 atom stereocenters. The number of aromatic nitrogens is 2. The lowest BCUT2D eigenvalue weighted by atomic mass is 9.97. The first-order valence-corrected chi connectivity index (χ1v) is 7.83. The maximum Gasteiger partial charge on any atom is 0.290 e. The van der Waals surface area contributed by atoms with Crippen molar-refractivity contribution in [3.05, 3.63) is 63.1 Å². The molecule has 0 bridgehead atoms. The number of Topliss-reactive ketones (excluding diaryl/α,β-unsaturated/α-hetero) is 1. The average molecular weight is 319 g/mol. The molecule has 0 radical (unpaired) electrons. The monoisotopic (exact) mass is 319 g/mol. The number of hydrogen-bond donors (Lipinski definition) is 0. The van der Waals surface area contributed by atoms with Crippen LogP contribution in [0.25, 0.3) is 11.3 Å². The third kappa shape index (κ3) is 2.67. The van der Waals surface area contributed by atoms with Crippen molar-refractivity contribution in [3.63, 3.8) is 0 Å². The van der Waals surface area contributed by atoms with Crippen molar-refractivity contribution in [2.45, 2.75) is 33.1 Å². The number of hydrogen-bond acceptors (Lipinski definition) is 4. The van der Waals surface area contributed by atoms with Crippen molar-refractivity contribution in [1.29, 1.82) is 5.26 Å². The van der Waals surface area contributed by atoms with Gasteiger partial charge >= 0.3 is 0 Å². The van der Waals surface area contributed by atoms with E-state index < -0.39 is 5.56 Å². The highest BCUT2D eigenvalue weighted by atomic mass is 16.1. The quantitative estimate of drug-likeness (QED) is 0.871. The van der Waals surface area contributed by atoms with Gasteiger partial charge in [0, 0.05) is 12.0 Å². The van der Waals surface area contributed by atoms with Gasteiger partial charge in [-0.3, -0.25) is 9.59 Å². The smallest absolute Gasteiger partial charge is 0.290 e. The summed E-state index contributed by atoms with van der Waals surface area (Å²) in [6.07, 6.45) is 1.71. The van der Waals surface area contributed by atoms with E-state index in [0.29, 0.717) is 30.5 Å². The summed E-state index contributed by atoms with van der Waals surface area (Å²) in [4.78, 5) is 24.1. The Hall–Kier alpha value is -3.00. The number of ketones is 1. The molecule has 1 aromatic carbocycles. The van der Waals surface area contributed by atoms with Crippen molar-refractivity contribution >= 4 is 11.4 Å². The molecule has 3 rings (SSSR count). The zero-order chi connectivity index (χ0) is 17.3. The highest BCUT2D eigenvalue weighted by molar-refractivity contribution is 5.84. The minimum absolute atomic E-state index is 0.0672. The molecule has 1 aliphatic carbocycles. The molecule has 0 N–H and O–H groups in total. The van der Waals surface area contributed by atoms with E-state index in [0.717, 1.165) is 16.8 Å². The molecule has 0 saturated carbocycles. The predicted octanol–water partition coefficient (Wildman–Crippen LogP) is 2.80. The van der Waals surface area contributed by atoms with E-state index in [2.05, 4.69) is 11.2 Å². The fourth-order valence-corrected chi connectivity index (χ4v) is 3.20. The molecule has 5 nitrogen and oxygen atoms in total. The molecular formula is C19H17N3O2. The van der Waals surface area contributed by atoms with Gasteiger partial charge in [0.25, 0.3) is 5.56 Å². The summed E-state index contributed by atoms with van der Waals surface area (Å²) in [5, 5.41) is 14.0. The van der Waals surface area contributed by atoms with Gasteiger partial charge in [0.2, 0.25) is 0 Å². The Balaban J connectivity index is 2.24. The van der Waals surface area contributed by atoms with Crippen LogP contribution in [0.15, 0.2) is 40.7 Å².